The third-order valence-corrected chi connectivity index (χ3v) is 2.92. The standard InChI is InChI=1S/C13H14F3N3/c1-8(17)12-11(7-18-19(12)2)9-4-3-5-10(6-9)13(14,15)16/h3-8H,17H2,1-2H3. The van der Waals surface area contributed by atoms with Gasteiger partial charge in [0, 0.05) is 18.7 Å². The summed E-state index contributed by atoms with van der Waals surface area (Å²) < 4.78 is 39.7. The molecule has 0 spiro atoms. The van der Waals surface area contributed by atoms with Crippen molar-refractivity contribution in [1.82, 2.24) is 9.78 Å². The summed E-state index contributed by atoms with van der Waals surface area (Å²) in [6.45, 7) is 1.77. The Morgan fingerprint density at radius 1 is 1.32 bits per heavy atom. The fraction of sp³-hybridized carbons (Fsp3) is 0.308. The Labute approximate surface area is 108 Å². The number of benzene rings is 1. The number of nitrogens with zero attached hydrogens (tertiary/aromatic N) is 2. The molecular formula is C13H14F3N3. The largest absolute Gasteiger partial charge is 0.416 e. The van der Waals surface area contributed by atoms with Gasteiger partial charge in [-0.2, -0.15) is 18.3 Å². The number of hydrogen-bond donors (Lipinski definition) is 1. The van der Waals surface area contributed by atoms with E-state index >= 15 is 0 Å². The summed E-state index contributed by atoms with van der Waals surface area (Å²) >= 11 is 0. The smallest absolute Gasteiger partial charge is 0.323 e. The Balaban J connectivity index is 2.54. The van der Waals surface area contributed by atoms with Crippen molar-refractivity contribution in [2.45, 2.75) is 19.1 Å². The van der Waals surface area contributed by atoms with Gasteiger partial charge in [-0.1, -0.05) is 12.1 Å². The van der Waals surface area contributed by atoms with Crippen LogP contribution < -0.4 is 5.73 Å². The zero-order valence-electron chi connectivity index (χ0n) is 10.6. The summed E-state index contributed by atoms with van der Waals surface area (Å²) in [5, 5.41) is 4.06. The van der Waals surface area contributed by atoms with Crippen molar-refractivity contribution >= 4 is 0 Å². The van der Waals surface area contributed by atoms with E-state index in [2.05, 4.69) is 5.10 Å². The first-order valence-corrected chi connectivity index (χ1v) is 5.76. The first kappa shape index (κ1) is 13.6. The molecule has 0 saturated heterocycles. The molecule has 0 saturated carbocycles. The van der Waals surface area contributed by atoms with Crippen molar-refractivity contribution in [3.05, 3.63) is 41.7 Å². The first-order chi connectivity index (χ1) is 8.80. The van der Waals surface area contributed by atoms with Crippen molar-refractivity contribution in [1.29, 1.82) is 0 Å². The lowest BCUT2D eigenvalue weighted by Gasteiger charge is -2.12. The van der Waals surface area contributed by atoms with Gasteiger partial charge in [0.15, 0.2) is 0 Å². The minimum absolute atomic E-state index is 0.308. The van der Waals surface area contributed by atoms with Gasteiger partial charge in [-0.3, -0.25) is 4.68 Å². The Hall–Kier alpha value is -1.82. The van der Waals surface area contributed by atoms with Gasteiger partial charge in [0.1, 0.15) is 0 Å². The van der Waals surface area contributed by atoms with Gasteiger partial charge < -0.3 is 5.73 Å². The van der Waals surface area contributed by atoms with E-state index in [4.69, 9.17) is 5.73 Å². The molecular weight excluding hydrogens is 255 g/mol. The maximum absolute atomic E-state index is 12.7. The van der Waals surface area contributed by atoms with E-state index in [0.717, 1.165) is 12.1 Å². The molecule has 0 amide bonds. The van der Waals surface area contributed by atoms with Crippen LogP contribution in [0, 0.1) is 0 Å². The molecule has 2 N–H and O–H groups in total. The normalized spacial score (nSPS) is 13.6. The molecule has 0 bridgehead atoms. The summed E-state index contributed by atoms with van der Waals surface area (Å²) in [6, 6.07) is 4.86. The van der Waals surface area contributed by atoms with Crippen molar-refractivity contribution in [3.8, 4) is 11.1 Å². The molecule has 1 unspecified atom stereocenters. The second-order valence-electron chi connectivity index (χ2n) is 4.43. The van der Waals surface area contributed by atoms with Crippen LogP contribution in [-0.2, 0) is 13.2 Å². The summed E-state index contributed by atoms with van der Waals surface area (Å²) in [4.78, 5) is 0. The maximum atomic E-state index is 12.7. The number of aryl methyl sites for hydroxylation is 1. The van der Waals surface area contributed by atoms with Gasteiger partial charge in [0.05, 0.1) is 17.5 Å². The third kappa shape index (κ3) is 2.63. The van der Waals surface area contributed by atoms with Crippen LogP contribution in [-0.4, -0.2) is 9.78 Å². The number of aromatic nitrogens is 2. The fourth-order valence-electron chi connectivity index (χ4n) is 2.07. The Morgan fingerprint density at radius 3 is 2.58 bits per heavy atom. The summed E-state index contributed by atoms with van der Waals surface area (Å²) in [6.07, 6.45) is -2.82. The zero-order valence-corrected chi connectivity index (χ0v) is 10.6. The molecule has 6 heteroatoms. The van der Waals surface area contributed by atoms with E-state index in [9.17, 15) is 13.2 Å². The van der Waals surface area contributed by atoms with Gasteiger partial charge in [-0.15, -0.1) is 0 Å². The molecule has 0 fully saturated rings. The molecule has 1 heterocycles. The lowest BCUT2D eigenvalue weighted by molar-refractivity contribution is -0.137. The lowest BCUT2D eigenvalue weighted by atomic mass is 10.0. The molecule has 1 aromatic carbocycles. The van der Waals surface area contributed by atoms with Crippen molar-refractivity contribution in [2.75, 3.05) is 0 Å². The average molecular weight is 269 g/mol. The minimum atomic E-state index is -4.35. The molecule has 3 nitrogen and oxygen atoms in total. The number of alkyl halides is 3. The van der Waals surface area contributed by atoms with Crippen LogP contribution in [0.15, 0.2) is 30.5 Å². The number of rotatable bonds is 2. The second kappa shape index (κ2) is 4.70. The lowest BCUT2D eigenvalue weighted by Crippen LogP contribution is -2.12. The van der Waals surface area contributed by atoms with E-state index in [-0.39, 0.29) is 6.04 Å². The van der Waals surface area contributed by atoms with Crippen LogP contribution >= 0.6 is 0 Å². The quantitative estimate of drug-likeness (QED) is 0.910. The molecule has 0 aliphatic heterocycles. The predicted molar refractivity (Wildman–Crippen MR) is 66.2 cm³/mol. The van der Waals surface area contributed by atoms with E-state index in [1.807, 2.05) is 0 Å². The summed E-state index contributed by atoms with van der Waals surface area (Å²) in [5.74, 6) is 0. The molecule has 0 aliphatic carbocycles. The van der Waals surface area contributed by atoms with E-state index in [0.29, 0.717) is 16.8 Å². The Bertz CT molecular complexity index is 585. The van der Waals surface area contributed by atoms with Crippen molar-refractivity contribution in [3.63, 3.8) is 0 Å². The number of hydrogen-bond acceptors (Lipinski definition) is 2. The topological polar surface area (TPSA) is 43.8 Å². The summed E-state index contributed by atoms with van der Waals surface area (Å²) in [7, 11) is 1.72. The molecule has 2 rings (SSSR count). The van der Waals surface area contributed by atoms with E-state index in [1.54, 1.807) is 24.7 Å². The minimum Gasteiger partial charge on any atom is -0.323 e. The third-order valence-electron chi connectivity index (χ3n) is 2.92. The highest BCUT2D eigenvalue weighted by Crippen LogP contribution is 2.33. The van der Waals surface area contributed by atoms with Gasteiger partial charge in [-0.25, -0.2) is 0 Å². The van der Waals surface area contributed by atoms with E-state index < -0.39 is 11.7 Å². The van der Waals surface area contributed by atoms with Crippen LogP contribution in [0.3, 0.4) is 0 Å². The SMILES string of the molecule is CC(N)c1c(-c2cccc(C(F)(F)F)c2)cnn1C. The van der Waals surface area contributed by atoms with Crippen LogP contribution in [0.4, 0.5) is 13.2 Å². The van der Waals surface area contributed by atoms with Crippen LogP contribution in [0.25, 0.3) is 11.1 Å². The molecule has 2 aromatic rings. The monoisotopic (exact) mass is 269 g/mol. The second-order valence-corrected chi connectivity index (χ2v) is 4.43. The summed E-state index contributed by atoms with van der Waals surface area (Å²) in [5.41, 5.74) is 6.97. The predicted octanol–water partition coefficient (Wildman–Crippen LogP) is 3.13. The van der Waals surface area contributed by atoms with E-state index in [1.165, 1.54) is 12.3 Å². The highest BCUT2D eigenvalue weighted by molar-refractivity contribution is 5.66. The average Bonchev–Trinajstić information content (AvgIpc) is 2.70. The first-order valence-electron chi connectivity index (χ1n) is 5.76. The molecule has 0 radical (unpaired) electrons. The molecule has 0 aliphatic rings. The molecule has 1 aromatic heterocycles. The maximum Gasteiger partial charge on any atom is 0.416 e. The molecule has 1 atom stereocenters. The number of halogens is 3. The van der Waals surface area contributed by atoms with Gasteiger partial charge in [0.25, 0.3) is 0 Å². The van der Waals surface area contributed by atoms with Gasteiger partial charge in [0.2, 0.25) is 0 Å². The molecule has 102 valence electrons. The molecule has 19 heavy (non-hydrogen) atoms. The van der Waals surface area contributed by atoms with Crippen molar-refractivity contribution < 1.29 is 13.2 Å². The Kier molecular flexibility index (Phi) is 3.36. The van der Waals surface area contributed by atoms with Crippen LogP contribution in [0.1, 0.15) is 24.2 Å². The van der Waals surface area contributed by atoms with Crippen LogP contribution in [0.5, 0.6) is 0 Å². The number of nitrogens with two attached hydrogens (primary N) is 1. The highest BCUT2D eigenvalue weighted by atomic mass is 19.4. The van der Waals surface area contributed by atoms with Gasteiger partial charge in [-0.05, 0) is 24.6 Å². The highest BCUT2D eigenvalue weighted by Gasteiger charge is 2.30. The van der Waals surface area contributed by atoms with Crippen molar-refractivity contribution in [2.24, 2.45) is 12.8 Å². The van der Waals surface area contributed by atoms with Crippen LogP contribution in [0.2, 0.25) is 0 Å². The van der Waals surface area contributed by atoms with Gasteiger partial charge >= 0.3 is 6.18 Å². The fourth-order valence-corrected chi connectivity index (χ4v) is 2.07. The zero-order chi connectivity index (χ0) is 14.2. The Morgan fingerprint density at radius 2 is 2.00 bits per heavy atom.